The van der Waals surface area contributed by atoms with Gasteiger partial charge in [0.05, 0.1) is 0 Å². The molecule has 0 aliphatic carbocycles. The predicted octanol–water partition coefficient (Wildman–Crippen LogP) is 6.22. The van der Waals surface area contributed by atoms with E-state index in [9.17, 15) is 0 Å². The van der Waals surface area contributed by atoms with Gasteiger partial charge in [0.2, 0.25) is 0 Å². The third kappa shape index (κ3) is 3.84. The van der Waals surface area contributed by atoms with E-state index < -0.39 is 10.00 Å². The topological polar surface area (TPSA) is 24.7 Å². The summed E-state index contributed by atoms with van der Waals surface area (Å²) in [4.78, 5) is -1.40. The van der Waals surface area contributed by atoms with Gasteiger partial charge in [0.25, 0.3) is 0 Å². The molecule has 0 aliphatic heterocycles. The fourth-order valence-electron chi connectivity index (χ4n) is 1.66. The van der Waals surface area contributed by atoms with E-state index in [0.717, 1.165) is 12.8 Å². The highest BCUT2D eigenvalue weighted by Crippen LogP contribution is 2.45. The molecule has 0 radical (unpaired) electrons. The van der Waals surface area contributed by atoms with E-state index in [4.69, 9.17) is 23.2 Å². The summed E-state index contributed by atoms with van der Waals surface area (Å²) in [5.41, 5.74) is -0.313. The lowest BCUT2D eigenvalue weighted by Crippen LogP contribution is -2.38. The minimum atomic E-state index is -0.701. The smallest absolute Gasteiger partial charge is 0.159 e. The average molecular weight is 295 g/mol. The molecule has 2 nitrogen and oxygen atoms in total. The van der Waals surface area contributed by atoms with Crippen molar-refractivity contribution in [1.82, 2.24) is 0 Å². The summed E-state index contributed by atoms with van der Waals surface area (Å²) >= 11 is 13.2. The molecule has 0 aromatic heterocycles. The molecule has 0 aliphatic rings. The van der Waals surface area contributed by atoms with Gasteiger partial charge in [0.1, 0.15) is 0 Å². The van der Waals surface area contributed by atoms with Crippen LogP contribution in [0, 0.1) is 10.8 Å². The maximum Gasteiger partial charge on any atom is 0.159 e. The Balaban J connectivity index is 5.35. The van der Waals surface area contributed by atoms with Gasteiger partial charge < -0.3 is 0 Å². The molecule has 2 atom stereocenters. The average Bonchev–Trinajstić information content (AvgIpc) is 2.22. The quantitative estimate of drug-likeness (QED) is 0.334. The van der Waals surface area contributed by atoms with Crippen LogP contribution in [0.2, 0.25) is 0 Å². The van der Waals surface area contributed by atoms with E-state index in [2.05, 4.69) is 51.8 Å². The van der Waals surface area contributed by atoms with Crippen LogP contribution in [0.25, 0.3) is 0 Å². The number of nitrogens with zero attached hydrogens (tertiary/aromatic N) is 2. The molecule has 0 aromatic carbocycles. The molecule has 0 saturated heterocycles. The number of halogens is 2. The van der Waals surface area contributed by atoms with Crippen LogP contribution in [0.1, 0.15) is 68.2 Å². The van der Waals surface area contributed by atoms with Crippen molar-refractivity contribution in [2.75, 3.05) is 0 Å². The summed E-state index contributed by atoms with van der Waals surface area (Å²) < 4.78 is 0. The molecule has 0 saturated carbocycles. The Morgan fingerprint density at radius 3 is 1.00 bits per heavy atom. The van der Waals surface area contributed by atoms with Crippen molar-refractivity contribution in [3.05, 3.63) is 0 Å². The van der Waals surface area contributed by atoms with Gasteiger partial charge in [0.15, 0.2) is 10.00 Å². The zero-order valence-corrected chi connectivity index (χ0v) is 14.6. The van der Waals surface area contributed by atoms with Gasteiger partial charge in [-0.3, -0.25) is 0 Å². The van der Waals surface area contributed by atoms with Crippen LogP contribution in [0.3, 0.4) is 0 Å². The number of rotatable bonds is 4. The molecular formula is C14H28Cl2N2. The lowest BCUT2D eigenvalue weighted by molar-refractivity contribution is 0.225. The second-order valence-electron chi connectivity index (χ2n) is 6.93. The van der Waals surface area contributed by atoms with Gasteiger partial charge in [0, 0.05) is 10.8 Å². The Kier molecular flexibility index (Phi) is 5.72. The van der Waals surface area contributed by atoms with Crippen molar-refractivity contribution in [3.63, 3.8) is 0 Å². The van der Waals surface area contributed by atoms with Gasteiger partial charge in [-0.05, 0) is 12.8 Å². The minimum Gasteiger partial charge on any atom is -0.169 e. The number of hydrogen-bond acceptors (Lipinski definition) is 2. The Labute approximate surface area is 123 Å². The van der Waals surface area contributed by atoms with Gasteiger partial charge >= 0.3 is 0 Å². The van der Waals surface area contributed by atoms with E-state index in [1.165, 1.54) is 0 Å². The first-order chi connectivity index (χ1) is 7.83. The van der Waals surface area contributed by atoms with Crippen molar-refractivity contribution in [1.29, 1.82) is 0 Å². The Morgan fingerprint density at radius 2 is 0.889 bits per heavy atom. The molecular weight excluding hydrogens is 267 g/mol. The normalized spacial score (nSPS) is 20.8. The molecule has 0 amide bonds. The molecule has 0 fully saturated rings. The summed E-state index contributed by atoms with van der Waals surface area (Å²) in [5, 5.41) is 8.83. The highest BCUT2D eigenvalue weighted by Gasteiger charge is 2.43. The standard InChI is InChI=1S/C14H28Cl2N2/c1-9-13(15,11(3,4)5)17-18-14(16,10-2)12(6,7)8/h9-10H2,1-8H3/b18-17+. The van der Waals surface area contributed by atoms with Crippen LogP contribution >= 0.6 is 23.2 Å². The molecule has 0 spiro atoms. The summed E-state index contributed by atoms with van der Waals surface area (Å²) in [7, 11) is 0. The SMILES string of the molecule is CCC(Cl)(/N=N/C(Cl)(CC)C(C)(C)C)C(C)(C)C. The zero-order chi connectivity index (χ0) is 14.8. The largest absolute Gasteiger partial charge is 0.169 e. The second-order valence-corrected chi connectivity index (χ2v) is 8.18. The molecule has 0 N–H and O–H groups in total. The van der Waals surface area contributed by atoms with Crippen LogP contribution < -0.4 is 0 Å². The lowest BCUT2D eigenvalue weighted by atomic mass is 9.84. The maximum absolute atomic E-state index is 6.59. The second kappa shape index (κ2) is 5.66. The molecule has 2 unspecified atom stereocenters. The molecule has 0 heterocycles. The van der Waals surface area contributed by atoms with Crippen LogP contribution in [-0.2, 0) is 0 Å². The summed E-state index contributed by atoms with van der Waals surface area (Å²) in [6, 6.07) is 0. The van der Waals surface area contributed by atoms with E-state index in [1.54, 1.807) is 0 Å². The maximum atomic E-state index is 6.59. The van der Waals surface area contributed by atoms with Gasteiger partial charge in [-0.1, -0.05) is 78.6 Å². The van der Waals surface area contributed by atoms with Crippen LogP contribution in [-0.4, -0.2) is 10.00 Å². The molecule has 0 rings (SSSR count). The van der Waals surface area contributed by atoms with Crippen molar-refractivity contribution in [2.24, 2.45) is 21.1 Å². The molecule has 4 heteroatoms. The number of hydrogen-bond donors (Lipinski definition) is 0. The third-order valence-corrected chi connectivity index (χ3v) is 5.42. The first-order valence-corrected chi connectivity index (χ1v) is 7.40. The van der Waals surface area contributed by atoms with Crippen LogP contribution in [0.15, 0.2) is 10.2 Å². The first-order valence-electron chi connectivity index (χ1n) is 6.65. The first kappa shape index (κ1) is 18.2. The van der Waals surface area contributed by atoms with E-state index in [-0.39, 0.29) is 10.8 Å². The third-order valence-electron chi connectivity index (χ3n) is 3.60. The fourth-order valence-corrected chi connectivity index (χ4v) is 1.74. The molecule has 0 bridgehead atoms. The van der Waals surface area contributed by atoms with Crippen molar-refractivity contribution >= 4 is 23.2 Å². The van der Waals surface area contributed by atoms with E-state index in [1.807, 2.05) is 13.8 Å². The van der Waals surface area contributed by atoms with Gasteiger partial charge in [-0.15, -0.1) is 0 Å². The monoisotopic (exact) mass is 294 g/mol. The molecule has 18 heavy (non-hydrogen) atoms. The molecule has 108 valence electrons. The van der Waals surface area contributed by atoms with Crippen molar-refractivity contribution < 1.29 is 0 Å². The highest BCUT2D eigenvalue weighted by atomic mass is 35.5. The Morgan fingerprint density at radius 1 is 0.667 bits per heavy atom. The van der Waals surface area contributed by atoms with Crippen LogP contribution in [0.5, 0.6) is 0 Å². The molecule has 0 aromatic rings. The van der Waals surface area contributed by atoms with E-state index >= 15 is 0 Å². The van der Waals surface area contributed by atoms with Crippen molar-refractivity contribution in [2.45, 2.75) is 78.2 Å². The highest BCUT2D eigenvalue weighted by molar-refractivity contribution is 6.25. The Hall–Kier alpha value is 0.180. The Bertz CT molecular complexity index is 272. The van der Waals surface area contributed by atoms with Gasteiger partial charge in [-0.25, -0.2) is 0 Å². The summed E-state index contributed by atoms with van der Waals surface area (Å²) in [5.74, 6) is 0. The zero-order valence-electron chi connectivity index (χ0n) is 13.1. The fraction of sp³-hybridized carbons (Fsp3) is 1.00. The lowest BCUT2D eigenvalue weighted by Gasteiger charge is -2.38. The van der Waals surface area contributed by atoms with Crippen molar-refractivity contribution in [3.8, 4) is 0 Å². The number of alkyl halides is 2. The summed E-state index contributed by atoms with van der Waals surface area (Å²) in [6.07, 6.45) is 1.45. The number of azo groups is 1. The minimum absolute atomic E-state index is 0.157. The predicted molar refractivity (Wildman–Crippen MR) is 81.5 cm³/mol. The van der Waals surface area contributed by atoms with E-state index in [0.29, 0.717) is 0 Å². The summed E-state index contributed by atoms with van der Waals surface area (Å²) in [6.45, 7) is 16.5. The van der Waals surface area contributed by atoms with Crippen LogP contribution in [0.4, 0.5) is 0 Å². The van der Waals surface area contributed by atoms with Gasteiger partial charge in [-0.2, -0.15) is 10.2 Å².